The molecular weight excluding hydrogens is 238 g/mol. The molecule has 0 bridgehead atoms. The first-order valence-corrected chi connectivity index (χ1v) is 5.39. The molecule has 1 N–H and O–H groups in total. The van der Waals surface area contributed by atoms with Crippen molar-refractivity contribution in [3.63, 3.8) is 0 Å². The summed E-state index contributed by atoms with van der Waals surface area (Å²) in [6, 6.07) is 7.16. The summed E-state index contributed by atoms with van der Waals surface area (Å²) in [4.78, 5) is 18.2. The highest BCUT2D eigenvalue weighted by Crippen LogP contribution is 2.04. The number of benzene rings is 1. The fourth-order valence-electron chi connectivity index (χ4n) is 0.767. The second-order valence-corrected chi connectivity index (χ2v) is 3.10. The Morgan fingerprint density at radius 3 is 2.12 bits per heavy atom. The normalized spacial score (nSPS) is 8.18. The number of rotatable bonds is 4. The Kier molecular flexibility index (Phi) is 15.9. The number of hydrogen-bond donors (Lipinski definition) is 2. The summed E-state index contributed by atoms with van der Waals surface area (Å²) in [5.74, 6) is 0. The Bertz CT molecular complexity index is 276. The van der Waals surface area contributed by atoms with Gasteiger partial charge in [-0.15, -0.1) is 0 Å². The molecule has 0 heterocycles. The summed E-state index contributed by atoms with van der Waals surface area (Å²) in [6.07, 6.45) is 0.811. The summed E-state index contributed by atoms with van der Waals surface area (Å²) < 4.78 is 4.61. The Morgan fingerprint density at radius 2 is 1.82 bits per heavy atom. The Morgan fingerprint density at radius 1 is 1.35 bits per heavy atom. The molecule has 0 atom stereocenters. The molecule has 96 valence electrons. The fraction of sp³-hybridized carbons (Fsp3) is 0.333. The van der Waals surface area contributed by atoms with Crippen LogP contribution in [0.3, 0.4) is 0 Å². The van der Waals surface area contributed by atoms with Gasteiger partial charge in [-0.05, 0) is 32.1 Å². The molecule has 4 nitrogen and oxygen atoms in total. The van der Waals surface area contributed by atoms with Gasteiger partial charge >= 0.3 is 0 Å². The number of carbonyl (C=O) groups is 2. The molecule has 5 heteroatoms. The van der Waals surface area contributed by atoms with Crippen molar-refractivity contribution in [2.24, 2.45) is 0 Å². The quantitative estimate of drug-likeness (QED) is 0.491. The van der Waals surface area contributed by atoms with Crippen LogP contribution in [0.4, 0.5) is 0 Å². The number of hydrogen-bond acceptors (Lipinski definition) is 5. The number of thiol groups is 1. The molecule has 0 fully saturated rings. The molecule has 0 unspecified atom stereocenters. The highest BCUT2D eigenvalue weighted by atomic mass is 32.1. The second kappa shape index (κ2) is 14.8. The van der Waals surface area contributed by atoms with Gasteiger partial charge in [0.2, 0.25) is 0 Å². The fourth-order valence-corrected chi connectivity index (χ4v) is 0.916. The smallest absolute Gasteiger partial charge is 0.150 e. The van der Waals surface area contributed by atoms with E-state index in [1.165, 1.54) is 0 Å². The van der Waals surface area contributed by atoms with E-state index in [9.17, 15) is 4.79 Å². The molecule has 0 radical (unpaired) electrons. The summed E-state index contributed by atoms with van der Waals surface area (Å²) >= 11 is 3.61. The summed E-state index contributed by atoms with van der Waals surface area (Å²) in [5, 5.41) is 2.93. The zero-order valence-electron chi connectivity index (χ0n) is 10.2. The topological polar surface area (TPSA) is 55.4 Å². The third-order valence-electron chi connectivity index (χ3n) is 1.70. The molecule has 1 aromatic carbocycles. The molecule has 0 aliphatic heterocycles. The van der Waals surface area contributed by atoms with E-state index in [1.54, 1.807) is 12.1 Å². The van der Waals surface area contributed by atoms with E-state index in [-0.39, 0.29) is 0 Å². The first-order chi connectivity index (χ1) is 8.28. The van der Waals surface area contributed by atoms with Crippen molar-refractivity contribution < 1.29 is 13.8 Å². The Balaban J connectivity index is 0. The third-order valence-corrected chi connectivity index (χ3v) is 1.83. The molecule has 0 amide bonds. The third kappa shape index (κ3) is 11.1. The van der Waals surface area contributed by atoms with Gasteiger partial charge in [0, 0.05) is 5.56 Å². The van der Waals surface area contributed by atoms with E-state index in [1.807, 2.05) is 26.0 Å². The van der Waals surface area contributed by atoms with Crippen LogP contribution in [-0.2, 0) is 15.6 Å². The minimum atomic E-state index is 0.461. The van der Waals surface area contributed by atoms with Crippen LogP contribution in [0.25, 0.3) is 0 Å². The van der Waals surface area contributed by atoms with Gasteiger partial charge in [-0.25, -0.2) is 0 Å². The second-order valence-electron chi connectivity index (χ2n) is 2.84. The maximum atomic E-state index is 10.2. The molecule has 17 heavy (non-hydrogen) atoms. The molecule has 0 spiro atoms. The highest BCUT2D eigenvalue weighted by Gasteiger charge is 1.91. The molecule has 0 aliphatic rings. The van der Waals surface area contributed by atoms with E-state index < -0.39 is 0 Å². The maximum absolute atomic E-state index is 10.2. The molecule has 0 saturated heterocycles. The van der Waals surface area contributed by atoms with E-state index in [0.29, 0.717) is 12.2 Å². The van der Waals surface area contributed by atoms with Crippen molar-refractivity contribution in [1.29, 1.82) is 0 Å². The summed E-state index contributed by atoms with van der Waals surface area (Å²) in [7, 11) is 1.93. The lowest BCUT2D eigenvalue weighted by Gasteiger charge is -1.96. The predicted octanol–water partition coefficient (Wildman–Crippen LogP) is 1.90. The van der Waals surface area contributed by atoms with Gasteiger partial charge in [0.1, 0.15) is 13.1 Å². The van der Waals surface area contributed by atoms with Crippen LogP contribution >= 0.6 is 12.9 Å². The average molecular weight is 257 g/mol. The van der Waals surface area contributed by atoms with E-state index in [2.05, 4.69) is 29.3 Å². The van der Waals surface area contributed by atoms with Gasteiger partial charge in [0.15, 0.2) is 0 Å². The van der Waals surface area contributed by atoms with Crippen LogP contribution in [0.1, 0.15) is 22.8 Å². The largest absolute Gasteiger partial charge is 0.320 e. The van der Waals surface area contributed by atoms with Crippen molar-refractivity contribution in [3.05, 3.63) is 35.4 Å². The van der Waals surface area contributed by atoms with Gasteiger partial charge in [0.05, 0.1) is 6.61 Å². The maximum Gasteiger partial charge on any atom is 0.150 e. The molecule has 0 aliphatic carbocycles. The molecule has 1 aromatic rings. The van der Waals surface area contributed by atoms with E-state index in [4.69, 9.17) is 4.79 Å². The minimum absolute atomic E-state index is 0.461. The zero-order valence-corrected chi connectivity index (χ0v) is 11.1. The van der Waals surface area contributed by atoms with Crippen molar-refractivity contribution in [2.75, 3.05) is 13.6 Å². The van der Waals surface area contributed by atoms with Crippen LogP contribution < -0.4 is 5.32 Å². The van der Waals surface area contributed by atoms with Crippen LogP contribution in [0.15, 0.2) is 24.3 Å². The van der Waals surface area contributed by atoms with Crippen LogP contribution in [0.2, 0.25) is 0 Å². The molecule has 1 rings (SSSR count). The van der Waals surface area contributed by atoms with Gasteiger partial charge in [-0.1, -0.05) is 31.2 Å². The van der Waals surface area contributed by atoms with Crippen LogP contribution in [0, 0.1) is 0 Å². The molecule has 0 aromatic heterocycles. The van der Waals surface area contributed by atoms with Crippen molar-refractivity contribution in [3.8, 4) is 0 Å². The highest BCUT2D eigenvalue weighted by molar-refractivity contribution is 7.75. The first-order valence-electron chi connectivity index (χ1n) is 5.02. The standard InChI is InChI=1S/C8H8O2S.C3H9N.CH2O/c9-5-7-1-3-8(4-2-7)6-10-11;1-3-4-2;1-2/h1-5,11H,6H2;4H,3H2,1-2H3;1H2. The Hall–Kier alpha value is -1.17. The summed E-state index contributed by atoms with van der Waals surface area (Å²) in [5.41, 5.74) is 1.68. The monoisotopic (exact) mass is 257 g/mol. The van der Waals surface area contributed by atoms with Gasteiger partial charge in [-0.2, -0.15) is 0 Å². The van der Waals surface area contributed by atoms with Gasteiger partial charge in [0.25, 0.3) is 0 Å². The molecule has 0 saturated carbocycles. The number of aldehydes is 1. The lowest BCUT2D eigenvalue weighted by molar-refractivity contribution is -0.0979. The van der Waals surface area contributed by atoms with Crippen molar-refractivity contribution in [1.82, 2.24) is 5.32 Å². The minimum Gasteiger partial charge on any atom is -0.320 e. The van der Waals surface area contributed by atoms with E-state index >= 15 is 0 Å². The number of nitrogens with one attached hydrogen (secondary N) is 1. The molecular formula is C12H19NO3S. The zero-order chi connectivity index (χ0) is 13.5. The summed E-state index contributed by atoms with van der Waals surface area (Å²) in [6.45, 7) is 5.60. The number of carbonyl (C=O) groups excluding carboxylic acids is 2. The lowest BCUT2D eigenvalue weighted by atomic mass is 10.2. The lowest BCUT2D eigenvalue weighted by Crippen LogP contribution is -2.01. The van der Waals surface area contributed by atoms with Gasteiger partial charge < -0.3 is 14.3 Å². The SMILES string of the molecule is C=O.CCNC.O=Cc1ccc(COS)cc1. The van der Waals surface area contributed by atoms with E-state index in [0.717, 1.165) is 18.4 Å². The predicted molar refractivity (Wildman–Crippen MR) is 72.3 cm³/mol. The van der Waals surface area contributed by atoms with Crippen LogP contribution in [-0.4, -0.2) is 26.7 Å². The average Bonchev–Trinajstić information content (AvgIpc) is 2.42. The van der Waals surface area contributed by atoms with Crippen molar-refractivity contribution >= 4 is 26.0 Å². The Labute approximate surface area is 108 Å². The van der Waals surface area contributed by atoms with Crippen LogP contribution in [0.5, 0.6) is 0 Å². The van der Waals surface area contributed by atoms with Crippen molar-refractivity contribution in [2.45, 2.75) is 13.5 Å². The van der Waals surface area contributed by atoms with Gasteiger partial charge in [-0.3, -0.25) is 4.79 Å². The first kappa shape index (κ1) is 18.2.